The first-order valence-electron chi connectivity index (χ1n) is 5.98. The number of carbonyl (C=O) groups is 1. The molecule has 18 heavy (non-hydrogen) atoms. The molecule has 1 atom stereocenters. The summed E-state index contributed by atoms with van der Waals surface area (Å²) in [7, 11) is 0. The Morgan fingerprint density at radius 3 is 2.39 bits per heavy atom. The number of aliphatic carboxylic acids is 1. The Morgan fingerprint density at radius 2 is 1.78 bits per heavy atom. The third kappa shape index (κ3) is 2.43. The predicted molar refractivity (Wildman–Crippen MR) is 72.7 cm³/mol. The Bertz CT molecular complexity index is 559. The van der Waals surface area contributed by atoms with Crippen LogP contribution in [0, 0.1) is 6.92 Å². The third-order valence-electron chi connectivity index (χ3n) is 3.22. The number of carboxylic acids is 1. The molecule has 0 radical (unpaired) electrons. The first-order valence-corrected chi connectivity index (χ1v) is 5.98. The normalized spacial score (nSPS) is 12.1. The molecule has 0 aliphatic heterocycles. The van der Waals surface area contributed by atoms with Gasteiger partial charge in [0.25, 0.3) is 0 Å². The van der Waals surface area contributed by atoms with Gasteiger partial charge in [0, 0.05) is 0 Å². The summed E-state index contributed by atoms with van der Waals surface area (Å²) in [6.07, 6.45) is 0. The van der Waals surface area contributed by atoms with Crippen molar-refractivity contribution in [3.63, 3.8) is 0 Å². The molecule has 0 spiro atoms. The van der Waals surface area contributed by atoms with Gasteiger partial charge in [-0.25, -0.2) is 0 Å². The van der Waals surface area contributed by atoms with Crippen molar-refractivity contribution in [2.45, 2.75) is 19.8 Å². The molecular formula is C16H16O2. The van der Waals surface area contributed by atoms with E-state index in [1.807, 2.05) is 55.5 Å². The molecule has 0 aromatic heterocycles. The Hall–Kier alpha value is -2.09. The van der Waals surface area contributed by atoms with E-state index in [1.165, 1.54) is 0 Å². The molecule has 0 saturated heterocycles. The van der Waals surface area contributed by atoms with Gasteiger partial charge in [0.2, 0.25) is 0 Å². The van der Waals surface area contributed by atoms with E-state index in [4.69, 9.17) is 5.11 Å². The fraction of sp³-hybridized carbons (Fsp3) is 0.188. The number of carboxylic acid groups (broad SMARTS) is 1. The highest BCUT2D eigenvalue weighted by atomic mass is 16.4. The largest absolute Gasteiger partial charge is 0.481 e. The fourth-order valence-corrected chi connectivity index (χ4v) is 1.98. The van der Waals surface area contributed by atoms with Crippen LogP contribution in [0.15, 0.2) is 48.5 Å². The summed E-state index contributed by atoms with van der Waals surface area (Å²) >= 11 is 0. The SMILES string of the molecule is Cc1ccc(C(C)C(=O)O)cc1-c1ccccc1. The fourth-order valence-electron chi connectivity index (χ4n) is 1.98. The minimum absolute atomic E-state index is 0.479. The van der Waals surface area contributed by atoms with Crippen LogP contribution in [-0.2, 0) is 4.79 Å². The Kier molecular flexibility index (Phi) is 3.47. The van der Waals surface area contributed by atoms with Gasteiger partial charge in [0.05, 0.1) is 5.92 Å². The maximum Gasteiger partial charge on any atom is 0.310 e. The van der Waals surface area contributed by atoms with Gasteiger partial charge in [-0.05, 0) is 36.1 Å². The molecule has 0 bridgehead atoms. The van der Waals surface area contributed by atoms with Gasteiger partial charge in [0.1, 0.15) is 0 Å². The number of hydrogen-bond acceptors (Lipinski definition) is 1. The molecule has 0 saturated carbocycles. The lowest BCUT2D eigenvalue weighted by Gasteiger charge is -2.12. The van der Waals surface area contributed by atoms with Gasteiger partial charge in [0.15, 0.2) is 0 Å². The summed E-state index contributed by atoms with van der Waals surface area (Å²) in [6, 6.07) is 15.9. The van der Waals surface area contributed by atoms with E-state index in [0.717, 1.165) is 22.3 Å². The van der Waals surface area contributed by atoms with E-state index in [1.54, 1.807) is 6.92 Å². The Labute approximate surface area is 107 Å². The lowest BCUT2D eigenvalue weighted by molar-refractivity contribution is -0.138. The standard InChI is InChI=1S/C16H16O2/c1-11-8-9-14(12(2)16(17)18)10-15(11)13-6-4-3-5-7-13/h3-10,12H,1-2H3,(H,17,18). The van der Waals surface area contributed by atoms with Crippen molar-refractivity contribution in [3.05, 3.63) is 59.7 Å². The van der Waals surface area contributed by atoms with Crippen LogP contribution >= 0.6 is 0 Å². The maximum atomic E-state index is 11.0. The molecule has 0 aliphatic rings. The average Bonchev–Trinajstić information content (AvgIpc) is 2.39. The van der Waals surface area contributed by atoms with Crippen LogP contribution in [0.5, 0.6) is 0 Å². The highest BCUT2D eigenvalue weighted by molar-refractivity contribution is 5.77. The second-order valence-electron chi connectivity index (χ2n) is 4.50. The van der Waals surface area contributed by atoms with E-state index in [2.05, 4.69) is 0 Å². The molecule has 92 valence electrons. The molecule has 0 aliphatic carbocycles. The smallest absolute Gasteiger partial charge is 0.310 e. The molecule has 2 heteroatoms. The van der Waals surface area contributed by atoms with Crippen LogP contribution in [0.25, 0.3) is 11.1 Å². The van der Waals surface area contributed by atoms with Gasteiger partial charge in [-0.3, -0.25) is 4.79 Å². The van der Waals surface area contributed by atoms with Crippen LogP contribution in [-0.4, -0.2) is 11.1 Å². The number of hydrogen-bond donors (Lipinski definition) is 1. The summed E-state index contributed by atoms with van der Waals surface area (Å²) in [5, 5.41) is 9.07. The molecule has 1 N–H and O–H groups in total. The Balaban J connectivity index is 2.49. The van der Waals surface area contributed by atoms with Crippen molar-refractivity contribution in [1.82, 2.24) is 0 Å². The Morgan fingerprint density at radius 1 is 1.11 bits per heavy atom. The lowest BCUT2D eigenvalue weighted by Crippen LogP contribution is -2.07. The summed E-state index contributed by atoms with van der Waals surface area (Å²) in [6.45, 7) is 3.75. The van der Waals surface area contributed by atoms with E-state index in [0.29, 0.717) is 0 Å². The monoisotopic (exact) mass is 240 g/mol. The number of aryl methyl sites for hydroxylation is 1. The molecule has 2 rings (SSSR count). The zero-order valence-electron chi connectivity index (χ0n) is 10.6. The summed E-state index contributed by atoms with van der Waals surface area (Å²) in [4.78, 5) is 11.0. The van der Waals surface area contributed by atoms with Gasteiger partial charge < -0.3 is 5.11 Å². The zero-order chi connectivity index (χ0) is 13.1. The van der Waals surface area contributed by atoms with Crippen molar-refractivity contribution in [2.75, 3.05) is 0 Å². The molecule has 2 aromatic rings. The van der Waals surface area contributed by atoms with Gasteiger partial charge in [-0.2, -0.15) is 0 Å². The minimum Gasteiger partial charge on any atom is -0.481 e. The molecule has 0 fully saturated rings. The van der Waals surface area contributed by atoms with E-state index >= 15 is 0 Å². The van der Waals surface area contributed by atoms with E-state index in [-0.39, 0.29) is 0 Å². The van der Waals surface area contributed by atoms with Gasteiger partial charge in [-0.15, -0.1) is 0 Å². The summed E-state index contributed by atoms with van der Waals surface area (Å²) in [5.74, 6) is -1.27. The van der Waals surface area contributed by atoms with Crippen molar-refractivity contribution in [1.29, 1.82) is 0 Å². The van der Waals surface area contributed by atoms with Crippen molar-refractivity contribution in [3.8, 4) is 11.1 Å². The quantitative estimate of drug-likeness (QED) is 0.884. The molecule has 2 aromatic carbocycles. The first kappa shape index (κ1) is 12.4. The minimum atomic E-state index is -0.794. The molecule has 0 heterocycles. The number of benzene rings is 2. The van der Waals surface area contributed by atoms with Gasteiger partial charge >= 0.3 is 5.97 Å². The van der Waals surface area contributed by atoms with E-state index in [9.17, 15) is 4.79 Å². The maximum absolute atomic E-state index is 11.0. The second-order valence-corrected chi connectivity index (χ2v) is 4.50. The van der Waals surface area contributed by atoms with Crippen molar-refractivity contribution in [2.24, 2.45) is 0 Å². The molecule has 0 amide bonds. The van der Waals surface area contributed by atoms with Crippen LogP contribution in [0.1, 0.15) is 24.0 Å². The summed E-state index contributed by atoms with van der Waals surface area (Å²) in [5.41, 5.74) is 4.21. The van der Waals surface area contributed by atoms with Crippen LogP contribution in [0.3, 0.4) is 0 Å². The predicted octanol–water partition coefficient (Wildman–Crippen LogP) is 3.85. The van der Waals surface area contributed by atoms with Crippen molar-refractivity contribution < 1.29 is 9.90 Å². The first-order chi connectivity index (χ1) is 8.59. The second kappa shape index (κ2) is 5.05. The number of rotatable bonds is 3. The highest BCUT2D eigenvalue weighted by Gasteiger charge is 2.14. The average molecular weight is 240 g/mol. The van der Waals surface area contributed by atoms with Crippen LogP contribution in [0.2, 0.25) is 0 Å². The molecular weight excluding hydrogens is 224 g/mol. The van der Waals surface area contributed by atoms with Gasteiger partial charge in [-0.1, -0.05) is 48.5 Å². The lowest BCUT2D eigenvalue weighted by atomic mass is 9.93. The van der Waals surface area contributed by atoms with Crippen LogP contribution in [0.4, 0.5) is 0 Å². The molecule has 1 unspecified atom stereocenters. The van der Waals surface area contributed by atoms with Crippen LogP contribution < -0.4 is 0 Å². The summed E-state index contributed by atoms with van der Waals surface area (Å²) < 4.78 is 0. The highest BCUT2D eigenvalue weighted by Crippen LogP contribution is 2.27. The topological polar surface area (TPSA) is 37.3 Å². The van der Waals surface area contributed by atoms with E-state index < -0.39 is 11.9 Å². The molecule has 2 nitrogen and oxygen atoms in total. The third-order valence-corrected chi connectivity index (χ3v) is 3.22. The zero-order valence-corrected chi connectivity index (χ0v) is 10.6. The van der Waals surface area contributed by atoms with Crippen molar-refractivity contribution >= 4 is 5.97 Å².